The van der Waals surface area contributed by atoms with E-state index in [0.717, 1.165) is 51.2 Å². The molecule has 6 heteroatoms. The summed E-state index contributed by atoms with van der Waals surface area (Å²) in [6.45, 7) is 2.72. The van der Waals surface area contributed by atoms with Crippen LogP contribution in [0.2, 0.25) is 0 Å². The van der Waals surface area contributed by atoms with Gasteiger partial charge in [-0.05, 0) is 80.5 Å². The highest BCUT2D eigenvalue weighted by Gasteiger charge is 2.32. The summed E-state index contributed by atoms with van der Waals surface area (Å²) in [5.41, 5.74) is 4.69. The van der Waals surface area contributed by atoms with Crippen molar-refractivity contribution in [1.29, 1.82) is 0 Å². The predicted octanol–water partition coefficient (Wildman–Crippen LogP) is 3.65. The van der Waals surface area contributed by atoms with Crippen molar-refractivity contribution in [3.05, 3.63) is 35.0 Å². The number of carbonyl (C=O) groups excluding carboxylic acids is 1. The summed E-state index contributed by atoms with van der Waals surface area (Å²) >= 11 is 0. The third-order valence-electron chi connectivity index (χ3n) is 7.89. The molecule has 166 valence electrons. The van der Waals surface area contributed by atoms with Crippen molar-refractivity contribution >= 4 is 22.8 Å². The van der Waals surface area contributed by atoms with E-state index in [2.05, 4.69) is 23.7 Å². The number of amides is 1. The minimum absolute atomic E-state index is 0.0396. The standard InChI is InChI=1S/C25H32N2O4/c1-26-22-6-4-17(16-8-11-31-12-9-16)13-20(22)21-14-18(5-7-23(21)26)24(28)27-10-2-3-19(15-27)25(29)30/h5,7,14,16-17,19H,2-4,6,8-13,15H2,1H3,(H,29,30). The van der Waals surface area contributed by atoms with E-state index in [1.807, 2.05) is 6.07 Å². The van der Waals surface area contributed by atoms with Gasteiger partial charge in [0.2, 0.25) is 0 Å². The molecule has 6 nitrogen and oxygen atoms in total. The van der Waals surface area contributed by atoms with Crippen molar-refractivity contribution < 1.29 is 19.4 Å². The lowest BCUT2D eigenvalue weighted by molar-refractivity contribution is -0.143. The van der Waals surface area contributed by atoms with Crippen LogP contribution in [0.1, 0.15) is 53.7 Å². The average molecular weight is 425 g/mol. The number of likely N-dealkylation sites (tertiary alicyclic amines) is 1. The number of ether oxygens (including phenoxy) is 1. The molecule has 0 bridgehead atoms. The number of carboxylic acids is 1. The molecule has 5 rings (SSSR count). The summed E-state index contributed by atoms with van der Waals surface area (Å²) in [4.78, 5) is 26.3. The summed E-state index contributed by atoms with van der Waals surface area (Å²) < 4.78 is 7.88. The van der Waals surface area contributed by atoms with E-state index >= 15 is 0 Å². The van der Waals surface area contributed by atoms with Crippen LogP contribution in [-0.4, -0.2) is 52.8 Å². The second-order valence-electron chi connectivity index (χ2n) is 9.60. The van der Waals surface area contributed by atoms with Gasteiger partial charge in [-0.2, -0.15) is 0 Å². The molecule has 1 aromatic carbocycles. The van der Waals surface area contributed by atoms with Gasteiger partial charge in [0.1, 0.15) is 0 Å². The van der Waals surface area contributed by atoms with Crippen molar-refractivity contribution in [3.63, 3.8) is 0 Å². The van der Waals surface area contributed by atoms with E-state index in [1.165, 1.54) is 28.6 Å². The van der Waals surface area contributed by atoms with Crippen LogP contribution in [0.15, 0.2) is 18.2 Å². The van der Waals surface area contributed by atoms with Crippen LogP contribution in [0.4, 0.5) is 0 Å². The van der Waals surface area contributed by atoms with Crippen LogP contribution in [-0.2, 0) is 29.4 Å². The lowest BCUT2D eigenvalue weighted by Crippen LogP contribution is -2.42. The Kier molecular flexibility index (Phi) is 5.51. The van der Waals surface area contributed by atoms with Gasteiger partial charge in [-0.15, -0.1) is 0 Å². The minimum atomic E-state index is -0.802. The molecule has 2 unspecified atom stereocenters. The number of benzene rings is 1. The molecule has 0 saturated carbocycles. The Hall–Kier alpha value is -2.34. The maximum Gasteiger partial charge on any atom is 0.308 e. The normalized spacial score (nSPS) is 24.9. The number of piperidine rings is 1. The Balaban J connectivity index is 1.43. The van der Waals surface area contributed by atoms with Gasteiger partial charge in [-0.3, -0.25) is 9.59 Å². The zero-order valence-corrected chi connectivity index (χ0v) is 18.3. The highest BCUT2D eigenvalue weighted by atomic mass is 16.5. The van der Waals surface area contributed by atoms with E-state index in [4.69, 9.17) is 4.74 Å². The molecule has 1 N–H and O–H groups in total. The van der Waals surface area contributed by atoms with Gasteiger partial charge in [0, 0.05) is 55.5 Å². The second-order valence-corrected chi connectivity index (χ2v) is 9.60. The lowest BCUT2D eigenvalue weighted by Gasteiger charge is -2.33. The number of aryl methyl sites for hydroxylation is 1. The van der Waals surface area contributed by atoms with Crippen LogP contribution < -0.4 is 0 Å². The van der Waals surface area contributed by atoms with E-state index < -0.39 is 11.9 Å². The number of rotatable bonds is 3. The Morgan fingerprint density at radius 3 is 2.68 bits per heavy atom. The van der Waals surface area contributed by atoms with Gasteiger partial charge in [-0.1, -0.05) is 0 Å². The van der Waals surface area contributed by atoms with Crippen molar-refractivity contribution in [2.75, 3.05) is 26.3 Å². The van der Waals surface area contributed by atoms with Crippen LogP contribution >= 0.6 is 0 Å². The van der Waals surface area contributed by atoms with Gasteiger partial charge in [0.05, 0.1) is 5.92 Å². The molecular weight excluding hydrogens is 392 g/mol. The number of carbonyl (C=O) groups is 2. The lowest BCUT2D eigenvalue weighted by atomic mass is 9.75. The first-order chi connectivity index (χ1) is 15.0. The molecule has 1 aliphatic carbocycles. The van der Waals surface area contributed by atoms with Crippen molar-refractivity contribution in [1.82, 2.24) is 9.47 Å². The highest BCUT2D eigenvalue weighted by Crippen LogP contribution is 2.39. The fourth-order valence-corrected chi connectivity index (χ4v) is 6.07. The molecule has 2 aliphatic heterocycles. The summed E-state index contributed by atoms with van der Waals surface area (Å²) in [7, 11) is 2.14. The summed E-state index contributed by atoms with van der Waals surface area (Å²) in [5, 5.41) is 10.6. The number of aliphatic carboxylic acids is 1. The first-order valence-electron chi connectivity index (χ1n) is 11.7. The molecule has 1 aromatic heterocycles. The molecule has 1 amide bonds. The topological polar surface area (TPSA) is 71.8 Å². The molecule has 3 heterocycles. The molecule has 2 aromatic rings. The summed E-state index contributed by atoms with van der Waals surface area (Å²) in [6.07, 6.45) is 7.13. The van der Waals surface area contributed by atoms with Gasteiger partial charge < -0.3 is 19.3 Å². The molecule has 0 spiro atoms. The SMILES string of the molecule is Cn1c2c(c3cc(C(=O)N4CCCC(C(=O)O)C4)ccc31)CC(C1CCOCC1)CC2. The van der Waals surface area contributed by atoms with Crippen LogP contribution in [0, 0.1) is 17.8 Å². The van der Waals surface area contributed by atoms with Gasteiger partial charge in [0.25, 0.3) is 5.91 Å². The largest absolute Gasteiger partial charge is 0.481 e. The molecule has 0 radical (unpaired) electrons. The summed E-state index contributed by atoms with van der Waals surface area (Å²) in [5.74, 6) is 0.140. The van der Waals surface area contributed by atoms with E-state index in [9.17, 15) is 14.7 Å². The highest BCUT2D eigenvalue weighted by molar-refractivity contribution is 5.99. The Bertz CT molecular complexity index is 1000. The third-order valence-corrected chi connectivity index (χ3v) is 7.89. The molecule has 31 heavy (non-hydrogen) atoms. The zero-order valence-electron chi connectivity index (χ0n) is 18.3. The van der Waals surface area contributed by atoms with Gasteiger partial charge >= 0.3 is 5.97 Å². The Morgan fingerprint density at radius 2 is 1.90 bits per heavy atom. The van der Waals surface area contributed by atoms with Gasteiger partial charge in [0.15, 0.2) is 0 Å². The van der Waals surface area contributed by atoms with Crippen molar-refractivity contribution in [2.24, 2.45) is 24.8 Å². The maximum atomic E-state index is 13.2. The molecule has 3 aliphatic rings. The molecule has 2 fully saturated rings. The molecular formula is C25H32N2O4. The first kappa shape index (κ1) is 20.6. The fourth-order valence-electron chi connectivity index (χ4n) is 6.07. The summed E-state index contributed by atoms with van der Waals surface area (Å²) in [6, 6.07) is 6.05. The van der Waals surface area contributed by atoms with Crippen LogP contribution in [0.25, 0.3) is 10.9 Å². The Labute approximate surface area is 183 Å². The zero-order chi connectivity index (χ0) is 21.5. The smallest absolute Gasteiger partial charge is 0.308 e. The Morgan fingerprint density at radius 1 is 1.10 bits per heavy atom. The van der Waals surface area contributed by atoms with Crippen LogP contribution in [0.3, 0.4) is 0 Å². The number of nitrogens with zero attached hydrogens (tertiary/aromatic N) is 2. The van der Waals surface area contributed by atoms with Crippen LogP contribution in [0.5, 0.6) is 0 Å². The number of fused-ring (bicyclic) bond motifs is 3. The monoisotopic (exact) mass is 424 g/mol. The molecule has 2 atom stereocenters. The van der Waals surface area contributed by atoms with Crippen molar-refractivity contribution in [2.45, 2.75) is 44.9 Å². The average Bonchev–Trinajstić information content (AvgIpc) is 3.10. The first-order valence-corrected chi connectivity index (χ1v) is 11.7. The van der Waals surface area contributed by atoms with E-state index in [1.54, 1.807) is 4.90 Å². The van der Waals surface area contributed by atoms with Crippen molar-refractivity contribution in [3.8, 4) is 0 Å². The van der Waals surface area contributed by atoms with E-state index in [0.29, 0.717) is 31.0 Å². The molecule has 2 saturated heterocycles. The van der Waals surface area contributed by atoms with Gasteiger partial charge in [-0.25, -0.2) is 0 Å². The third kappa shape index (κ3) is 3.75. The minimum Gasteiger partial charge on any atom is -0.481 e. The van der Waals surface area contributed by atoms with E-state index in [-0.39, 0.29) is 5.91 Å². The quantitative estimate of drug-likeness (QED) is 0.817. The number of hydrogen-bond acceptors (Lipinski definition) is 3. The maximum absolute atomic E-state index is 13.2. The number of hydrogen-bond donors (Lipinski definition) is 1. The fraction of sp³-hybridized carbons (Fsp3) is 0.600. The number of carboxylic acid groups (broad SMARTS) is 1. The second kappa shape index (κ2) is 8.30. The number of aromatic nitrogens is 1. The predicted molar refractivity (Wildman–Crippen MR) is 118 cm³/mol.